The van der Waals surface area contributed by atoms with E-state index in [0.29, 0.717) is 17.5 Å². The van der Waals surface area contributed by atoms with E-state index in [9.17, 15) is 18.0 Å². The largest absolute Gasteiger partial charge is 0.484 e. The van der Waals surface area contributed by atoms with E-state index >= 15 is 0 Å². The zero-order chi connectivity index (χ0) is 21.9. The molecule has 0 N–H and O–H groups in total. The Balaban J connectivity index is 2.14. The summed E-state index contributed by atoms with van der Waals surface area (Å²) in [5.74, 6) is -0.813. The lowest BCUT2D eigenvalue weighted by Gasteiger charge is -2.14. The summed E-state index contributed by atoms with van der Waals surface area (Å²) < 4.78 is 48.6. The molecule has 0 aliphatic carbocycles. The van der Waals surface area contributed by atoms with Gasteiger partial charge in [-0.1, -0.05) is 24.7 Å². The number of nitrogens with zero attached hydrogens (tertiary/aromatic N) is 3. The number of ether oxygens (including phenoxy) is 1. The summed E-state index contributed by atoms with van der Waals surface area (Å²) in [5.41, 5.74) is -0.786. The molecule has 1 aromatic carbocycles. The fourth-order valence-electron chi connectivity index (χ4n) is 2.93. The lowest BCUT2D eigenvalue weighted by atomic mass is 10.1. The highest BCUT2D eigenvalue weighted by atomic mass is 32.1. The van der Waals surface area contributed by atoms with E-state index in [2.05, 4.69) is 9.98 Å². The second-order valence-corrected chi connectivity index (χ2v) is 7.87. The highest BCUT2D eigenvalue weighted by Crippen LogP contribution is 2.34. The Hall–Kier alpha value is -2.68. The van der Waals surface area contributed by atoms with Gasteiger partial charge in [0, 0.05) is 12.7 Å². The van der Waals surface area contributed by atoms with Gasteiger partial charge in [0.2, 0.25) is 0 Å². The summed E-state index contributed by atoms with van der Waals surface area (Å²) in [4.78, 5) is 21.4. The van der Waals surface area contributed by atoms with Crippen LogP contribution >= 0.6 is 11.3 Å². The molecule has 5 nitrogen and oxygen atoms in total. The summed E-state index contributed by atoms with van der Waals surface area (Å²) in [5, 5.41) is 0. The number of carbonyl (C=O) groups excluding carboxylic acids is 1. The van der Waals surface area contributed by atoms with Crippen molar-refractivity contribution in [2.45, 2.75) is 46.3 Å². The number of carbonyl (C=O) groups is 1. The molecule has 0 aliphatic rings. The first-order valence-electron chi connectivity index (χ1n) is 9.42. The fourth-order valence-corrected chi connectivity index (χ4v) is 3.95. The highest BCUT2D eigenvalue weighted by Gasteiger charge is 2.35. The lowest BCUT2D eigenvalue weighted by Crippen LogP contribution is -2.19. The maximum atomic E-state index is 13.5. The fraction of sp³-hybridized carbons (Fsp3) is 0.333. The van der Waals surface area contributed by atoms with Crippen LogP contribution < -0.4 is 9.54 Å². The molecule has 1 amide bonds. The van der Waals surface area contributed by atoms with Crippen LogP contribution in [0.25, 0.3) is 10.2 Å². The zero-order valence-corrected chi connectivity index (χ0v) is 17.6. The Morgan fingerprint density at radius 2 is 2.03 bits per heavy atom. The van der Waals surface area contributed by atoms with Crippen molar-refractivity contribution >= 4 is 27.5 Å². The number of hydrogen-bond donors (Lipinski definition) is 0. The molecule has 3 aromatic rings. The van der Waals surface area contributed by atoms with Crippen molar-refractivity contribution in [3.05, 3.63) is 58.7 Å². The third kappa shape index (κ3) is 4.89. The molecule has 0 unspecified atom stereocenters. The Bertz CT molecular complexity index is 1120. The van der Waals surface area contributed by atoms with Crippen molar-refractivity contribution in [2.24, 2.45) is 4.99 Å². The molecule has 2 aromatic heterocycles. The molecule has 0 aliphatic heterocycles. The minimum Gasteiger partial charge on any atom is -0.484 e. The predicted molar refractivity (Wildman–Crippen MR) is 109 cm³/mol. The molecule has 0 fully saturated rings. The number of aryl methyl sites for hydroxylation is 1. The van der Waals surface area contributed by atoms with Crippen LogP contribution in [-0.4, -0.2) is 15.5 Å². The SMILES string of the molecule is CCCCn1/c(=N/C(=O)c2cc(O[C](C)C)ccc2C(F)(F)F)sc2ccncc21. The van der Waals surface area contributed by atoms with Gasteiger partial charge in [-0.2, -0.15) is 18.2 Å². The van der Waals surface area contributed by atoms with Gasteiger partial charge < -0.3 is 9.30 Å². The summed E-state index contributed by atoms with van der Waals surface area (Å²) >= 11 is 1.24. The van der Waals surface area contributed by atoms with Gasteiger partial charge in [0.05, 0.1) is 27.5 Å². The number of fused-ring (bicyclic) bond motifs is 1. The molecule has 0 bridgehead atoms. The van der Waals surface area contributed by atoms with Crippen molar-refractivity contribution in [1.29, 1.82) is 0 Å². The number of alkyl halides is 3. The normalized spacial score (nSPS) is 12.7. The summed E-state index contributed by atoms with van der Waals surface area (Å²) in [7, 11) is 0. The molecule has 0 saturated carbocycles. The quantitative estimate of drug-likeness (QED) is 0.505. The summed E-state index contributed by atoms with van der Waals surface area (Å²) in [6, 6.07) is 4.93. The standard InChI is InChI=1S/C21H21F3N3O2S/c1-4-5-10-27-17-12-25-9-8-18(17)30-20(27)26-19(28)15-11-14(29-13(2)3)6-7-16(15)21(22,23)24/h6-9,11-12H,4-5,10H2,1-3H3/b26-20-. The van der Waals surface area contributed by atoms with Crippen LogP contribution in [0.4, 0.5) is 13.2 Å². The third-order valence-corrected chi connectivity index (χ3v) is 5.32. The number of benzene rings is 1. The Morgan fingerprint density at radius 3 is 2.70 bits per heavy atom. The van der Waals surface area contributed by atoms with Crippen molar-refractivity contribution in [3.63, 3.8) is 0 Å². The molecular formula is C21H21F3N3O2S. The second-order valence-electron chi connectivity index (χ2n) is 6.87. The lowest BCUT2D eigenvalue weighted by molar-refractivity contribution is -0.137. The summed E-state index contributed by atoms with van der Waals surface area (Å²) in [6.07, 6.45) is 0.903. The minimum absolute atomic E-state index is 0.154. The minimum atomic E-state index is -4.69. The number of rotatable bonds is 6. The Labute approximate surface area is 175 Å². The van der Waals surface area contributed by atoms with Gasteiger partial charge in [-0.05, 0) is 44.5 Å². The number of unbranched alkanes of at least 4 members (excludes halogenated alkanes) is 1. The predicted octanol–water partition coefficient (Wildman–Crippen LogP) is 5.61. The molecule has 9 heteroatoms. The van der Waals surface area contributed by atoms with Crippen LogP contribution in [0.3, 0.4) is 0 Å². The monoisotopic (exact) mass is 436 g/mol. The smallest absolute Gasteiger partial charge is 0.417 e. The van der Waals surface area contributed by atoms with E-state index in [1.54, 1.807) is 32.3 Å². The van der Waals surface area contributed by atoms with Crippen LogP contribution in [0.5, 0.6) is 5.75 Å². The first kappa shape index (κ1) is 22.0. The van der Waals surface area contributed by atoms with Gasteiger partial charge in [-0.25, -0.2) is 0 Å². The molecule has 0 spiro atoms. The average molecular weight is 436 g/mol. The van der Waals surface area contributed by atoms with E-state index in [-0.39, 0.29) is 5.75 Å². The van der Waals surface area contributed by atoms with Crippen LogP contribution in [-0.2, 0) is 12.7 Å². The van der Waals surface area contributed by atoms with Crippen LogP contribution in [0.1, 0.15) is 49.5 Å². The van der Waals surface area contributed by atoms with Crippen molar-refractivity contribution in [1.82, 2.24) is 9.55 Å². The molecule has 1 radical (unpaired) electrons. The van der Waals surface area contributed by atoms with Gasteiger partial charge in [0.15, 0.2) is 4.80 Å². The van der Waals surface area contributed by atoms with E-state index in [1.165, 1.54) is 17.4 Å². The molecule has 2 heterocycles. The number of amides is 1. The van der Waals surface area contributed by atoms with Gasteiger partial charge in [0.1, 0.15) is 11.9 Å². The third-order valence-electron chi connectivity index (χ3n) is 4.27. The first-order chi connectivity index (χ1) is 14.2. The van der Waals surface area contributed by atoms with Crippen molar-refractivity contribution in [2.75, 3.05) is 0 Å². The van der Waals surface area contributed by atoms with E-state index in [4.69, 9.17) is 4.74 Å². The van der Waals surface area contributed by atoms with Crippen LogP contribution in [0.2, 0.25) is 0 Å². The molecule has 30 heavy (non-hydrogen) atoms. The number of hydrogen-bond acceptors (Lipinski definition) is 4. The summed E-state index contributed by atoms with van der Waals surface area (Å²) in [6.45, 7) is 5.97. The number of pyridine rings is 1. The topological polar surface area (TPSA) is 56.5 Å². The van der Waals surface area contributed by atoms with Gasteiger partial charge in [-0.15, -0.1) is 0 Å². The first-order valence-corrected chi connectivity index (χ1v) is 10.2. The van der Waals surface area contributed by atoms with Crippen molar-refractivity contribution in [3.8, 4) is 5.75 Å². The zero-order valence-electron chi connectivity index (χ0n) is 16.8. The maximum absolute atomic E-state index is 13.5. The number of thiazole rings is 1. The molecule has 3 rings (SSSR count). The van der Waals surface area contributed by atoms with Gasteiger partial charge in [0.25, 0.3) is 5.91 Å². The van der Waals surface area contributed by atoms with E-state index in [0.717, 1.165) is 35.2 Å². The van der Waals surface area contributed by atoms with Crippen LogP contribution in [0, 0.1) is 6.10 Å². The van der Waals surface area contributed by atoms with E-state index < -0.39 is 23.2 Å². The Morgan fingerprint density at radius 1 is 1.27 bits per heavy atom. The second kappa shape index (κ2) is 8.99. The average Bonchev–Trinajstić information content (AvgIpc) is 3.01. The van der Waals surface area contributed by atoms with Gasteiger partial charge >= 0.3 is 6.18 Å². The molecule has 159 valence electrons. The molecular weight excluding hydrogens is 415 g/mol. The molecule has 0 saturated heterocycles. The maximum Gasteiger partial charge on any atom is 0.417 e. The highest BCUT2D eigenvalue weighted by molar-refractivity contribution is 7.16. The number of aromatic nitrogens is 2. The Kier molecular flexibility index (Phi) is 6.60. The van der Waals surface area contributed by atoms with Crippen LogP contribution in [0.15, 0.2) is 41.7 Å². The van der Waals surface area contributed by atoms with E-state index in [1.807, 2.05) is 11.5 Å². The van der Waals surface area contributed by atoms with Crippen molar-refractivity contribution < 1.29 is 22.7 Å². The van der Waals surface area contributed by atoms with Gasteiger partial charge in [-0.3, -0.25) is 9.78 Å². The molecule has 0 atom stereocenters. The number of halogens is 3.